The molecule has 0 unspecified atom stereocenters. The maximum Gasteiger partial charge on any atom is 0.126 e. The fourth-order valence-electron chi connectivity index (χ4n) is 1.39. The van der Waals surface area contributed by atoms with Gasteiger partial charge in [0.05, 0.1) is 0 Å². The Bertz CT molecular complexity index is 342. The van der Waals surface area contributed by atoms with Gasteiger partial charge in [-0.3, -0.25) is 0 Å². The molecule has 0 saturated carbocycles. The molecule has 17 heavy (non-hydrogen) atoms. The number of benzene rings is 1. The Hall–Kier alpha value is -1.13. The van der Waals surface area contributed by atoms with Gasteiger partial charge in [-0.2, -0.15) is 0 Å². The highest BCUT2D eigenvalue weighted by molar-refractivity contribution is 5.32. The summed E-state index contributed by atoms with van der Waals surface area (Å²) in [6.45, 7) is 5.16. The Kier molecular flexibility index (Phi) is 5.94. The third-order valence-electron chi connectivity index (χ3n) is 2.42. The van der Waals surface area contributed by atoms with Crippen LogP contribution in [0.1, 0.15) is 5.56 Å². The van der Waals surface area contributed by atoms with E-state index in [2.05, 4.69) is 10.2 Å². The summed E-state index contributed by atoms with van der Waals surface area (Å²) in [6.07, 6.45) is 0. The van der Waals surface area contributed by atoms with Crippen molar-refractivity contribution in [2.24, 2.45) is 0 Å². The molecule has 0 radical (unpaired) electrons. The second kappa shape index (κ2) is 7.25. The maximum atomic E-state index is 13.0. The van der Waals surface area contributed by atoms with Gasteiger partial charge < -0.3 is 15.0 Å². The molecule has 0 heterocycles. The fourth-order valence-corrected chi connectivity index (χ4v) is 1.39. The summed E-state index contributed by atoms with van der Waals surface area (Å²) in [5.41, 5.74) is 0.958. The lowest BCUT2D eigenvalue weighted by Gasteiger charge is -2.12. The van der Waals surface area contributed by atoms with E-state index in [9.17, 15) is 4.39 Å². The van der Waals surface area contributed by atoms with Crippen LogP contribution in [0.25, 0.3) is 0 Å². The normalized spacial score (nSPS) is 10.9. The second-order valence-electron chi connectivity index (χ2n) is 4.31. The average molecular weight is 240 g/mol. The van der Waals surface area contributed by atoms with Gasteiger partial charge in [0.2, 0.25) is 0 Å². The standard InChI is InChI=1S/C13H21FN2O/c1-11-4-5-12(14)10-13(11)17-9-7-15-6-8-16(2)3/h4-5,10,15H,6-9H2,1-3H3. The molecule has 1 rings (SSSR count). The van der Waals surface area contributed by atoms with Gasteiger partial charge in [0.15, 0.2) is 0 Å². The SMILES string of the molecule is Cc1ccc(F)cc1OCCNCCN(C)C. The highest BCUT2D eigenvalue weighted by Gasteiger charge is 2.00. The largest absolute Gasteiger partial charge is 0.492 e. The molecule has 0 bridgehead atoms. The highest BCUT2D eigenvalue weighted by Crippen LogP contribution is 2.18. The van der Waals surface area contributed by atoms with Crippen LogP contribution in [-0.4, -0.2) is 45.2 Å². The number of rotatable bonds is 7. The van der Waals surface area contributed by atoms with Gasteiger partial charge in [0, 0.05) is 25.7 Å². The topological polar surface area (TPSA) is 24.5 Å². The van der Waals surface area contributed by atoms with E-state index in [1.807, 2.05) is 21.0 Å². The molecule has 0 amide bonds. The van der Waals surface area contributed by atoms with Crippen LogP contribution in [0.5, 0.6) is 5.75 Å². The summed E-state index contributed by atoms with van der Waals surface area (Å²) < 4.78 is 18.5. The molecule has 1 N–H and O–H groups in total. The van der Waals surface area contributed by atoms with Crippen LogP contribution in [0, 0.1) is 12.7 Å². The molecule has 96 valence electrons. The van der Waals surface area contributed by atoms with Gasteiger partial charge in [-0.05, 0) is 32.6 Å². The number of ether oxygens (including phenoxy) is 1. The van der Waals surface area contributed by atoms with Crippen molar-refractivity contribution in [3.8, 4) is 5.75 Å². The number of hydrogen-bond donors (Lipinski definition) is 1. The molecule has 1 aromatic rings. The first kappa shape index (κ1) is 13.9. The van der Waals surface area contributed by atoms with Crippen molar-refractivity contribution in [1.29, 1.82) is 0 Å². The van der Waals surface area contributed by atoms with Gasteiger partial charge in [-0.1, -0.05) is 6.07 Å². The third-order valence-corrected chi connectivity index (χ3v) is 2.42. The molecule has 4 heteroatoms. The van der Waals surface area contributed by atoms with Gasteiger partial charge in [0.25, 0.3) is 0 Å². The summed E-state index contributed by atoms with van der Waals surface area (Å²) in [7, 11) is 4.07. The highest BCUT2D eigenvalue weighted by atomic mass is 19.1. The van der Waals surface area contributed by atoms with Gasteiger partial charge in [0.1, 0.15) is 18.2 Å². The van der Waals surface area contributed by atoms with Crippen LogP contribution in [0.3, 0.4) is 0 Å². The van der Waals surface area contributed by atoms with Crippen LogP contribution < -0.4 is 10.1 Å². The van der Waals surface area contributed by atoms with Crippen LogP contribution in [-0.2, 0) is 0 Å². The smallest absolute Gasteiger partial charge is 0.126 e. The molecule has 0 aliphatic carbocycles. The number of aryl methyl sites for hydroxylation is 1. The summed E-state index contributed by atoms with van der Waals surface area (Å²) in [5, 5.41) is 3.26. The molecule has 0 atom stereocenters. The summed E-state index contributed by atoms with van der Waals surface area (Å²) in [5.74, 6) is 0.366. The molecule has 3 nitrogen and oxygen atoms in total. The first-order valence-corrected chi connectivity index (χ1v) is 5.84. The minimum atomic E-state index is -0.258. The first-order chi connectivity index (χ1) is 8.09. The van der Waals surface area contributed by atoms with E-state index in [4.69, 9.17) is 4.74 Å². The van der Waals surface area contributed by atoms with Crippen LogP contribution >= 0.6 is 0 Å². The van der Waals surface area contributed by atoms with E-state index >= 15 is 0 Å². The number of likely N-dealkylation sites (N-methyl/N-ethyl adjacent to an activating group) is 1. The number of nitrogens with zero attached hydrogens (tertiary/aromatic N) is 1. The second-order valence-corrected chi connectivity index (χ2v) is 4.31. The number of halogens is 1. The molecular formula is C13H21FN2O. The summed E-state index contributed by atoms with van der Waals surface area (Å²) in [6, 6.07) is 4.59. The van der Waals surface area contributed by atoms with E-state index in [1.54, 1.807) is 6.07 Å². The predicted octanol–water partition coefficient (Wildman–Crippen LogP) is 1.66. The third kappa shape index (κ3) is 5.65. The van der Waals surface area contributed by atoms with Gasteiger partial charge in [-0.25, -0.2) is 4.39 Å². The predicted molar refractivity (Wildman–Crippen MR) is 68.1 cm³/mol. The monoisotopic (exact) mass is 240 g/mol. The average Bonchev–Trinajstić information content (AvgIpc) is 2.27. The van der Waals surface area contributed by atoms with Gasteiger partial charge >= 0.3 is 0 Å². The van der Waals surface area contributed by atoms with E-state index < -0.39 is 0 Å². The van der Waals surface area contributed by atoms with Crippen LogP contribution in [0.15, 0.2) is 18.2 Å². The lowest BCUT2D eigenvalue weighted by atomic mass is 10.2. The van der Waals surface area contributed by atoms with Crippen LogP contribution in [0.2, 0.25) is 0 Å². The Morgan fingerprint density at radius 1 is 1.29 bits per heavy atom. The van der Waals surface area contributed by atoms with Gasteiger partial charge in [-0.15, -0.1) is 0 Å². The molecule has 0 spiro atoms. The number of hydrogen-bond acceptors (Lipinski definition) is 3. The first-order valence-electron chi connectivity index (χ1n) is 5.84. The van der Waals surface area contributed by atoms with E-state index in [-0.39, 0.29) is 5.82 Å². The Morgan fingerprint density at radius 2 is 2.06 bits per heavy atom. The summed E-state index contributed by atoms with van der Waals surface area (Å²) >= 11 is 0. The molecule has 0 aliphatic heterocycles. The molecule has 0 aliphatic rings. The van der Waals surface area contributed by atoms with Crippen molar-refractivity contribution in [2.75, 3.05) is 40.3 Å². The zero-order valence-corrected chi connectivity index (χ0v) is 10.8. The lowest BCUT2D eigenvalue weighted by molar-refractivity contribution is 0.305. The Morgan fingerprint density at radius 3 is 2.76 bits per heavy atom. The molecular weight excluding hydrogens is 219 g/mol. The van der Waals surface area contributed by atoms with Crippen molar-refractivity contribution in [2.45, 2.75) is 6.92 Å². The Balaban J connectivity index is 2.20. The molecule has 0 aromatic heterocycles. The fraction of sp³-hybridized carbons (Fsp3) is 0.538. The molecule has 0 saturated heterocycles. The minimum Gasteiger partial charge on any atom is -0.492 e. The van der Waals surface area contributed by atoms with Crippen molar-refractivity contribution in [3.05, 3.63) is 29.6 Å². The minimum absolute atomic E-state index is 0.258. The number of nitrogens with one attached hydrogen (secondary N) is 1. The molecule has 1 aromatic carbocycles. The zero-order valence-electron chi connectivity index (χ0n) is 10.8. The molecule has 0 fully saturated rings. The maximum absolute atomic E-state index is 13.0. The van der Waals surface area contributed by atoms with E-state index in [0.29, 0.717) is 12.4 Å². The van der Waals surface area contributed by atoms with Crippen molar-refractivity contribution < 1.29 is 9.13 Å². The quantitative estimate of drug-likeness (QED) is 0.734. The van der Waals surface area contributed by atoms with Crippen molar-refractivity contribution in [1.82, 2.24) is 10.2 Å². The lowest BCUT2D eigenvalue weighted by Crippen LogP contribution is -2.29. The van der Waals surface area contributed by atoms with Crippen molar-refractivity contribution >= 4 is 0 Å². The summed E-state index contributed by atoms with van der Waals surface area (Å²) in [4.78, 5) is 2.12. The van der Waals surface area contributed by atoms with Crippen LogP contribution in [0.4, 0.5) is 4.39 Å². The van der Waals surface area contributed by atoms with Crippen molar-refractivity contribution in [3.63, 3.8) is 0 Å². The zero-order chi connectivity index (χ0) is 12.7. The van der Waals surface area contributed by atoms with E-state index in [0.717, 1.165) is 25.2 Å². The Labute approximate surface area is 103 Å². The van der Waals surface area contributed by atoms with E-state index in [1.165, 1.54) is 12.1 Å².